The van der Waals surface area contributed by atoms with E-state index in [0.29, 0.717) is 5.41 Å². The monoisotopic (exact) mass is 417 g/mol. The first kappa shape index (κ1) is 19.2. The first-order chi connectivity index (χ1) is 10.2. The molecule has 0 heterocycles. The van der Waals surface area contributed by atoms with Gasteiger partial charge in [0, 0.05) is 39.3 Å². The van der Waals surface area contributed by atoms with Crippen molar-refractivity contribution in [3.05, 3.63) is 35.4 Å². The zero-order chi connectivity index (χ0) is 15.1. The van der Waals surface area contributed by atoms with Crippen molar-refractivity contribution in [1.82, 2.24) is 10.6 Å². The highest BCUT2D eigenvalue weighted by atomic mass is 127. The summed E-state index contributed by atoms with van der Waals surface area (Å²) in [4.78, 5) is 4.29. The molecule has 2 rings (SSSR count). The third-order valence-electron chi connectivity index (χ3n) is 4.21. The van der Waals surface area contributed by atoms with Crippen LogP contribution in [0.15, 0.2) is 29.3 Å². The summed E-state index contributed by atoms with van der Waals surface area (Å²) in [5.41, 5.74) is 3.17. The number of ether oxygens (including phenoxy) is 1. The first-order valence-electron chi connectivity index (χ1n) is 7.71. The second-order valence-electron chi connectivity index (χ2n) is 5.79. The predicted molar refractivity (Wildman–Crippen MR) is 103 cm³/mol. The number of guanidine groups is 1. The minimum Gasteiger partial charge on any atom is -0.385 e. The number of nitrogens with one attached hydrogen (secondary N) is 2. The molecule has 1 aromatic carbocycles. The largest absolute Gasteiger partial charge is 0.385 e. The third-order valence-corrected chi connectivity index (χ3v) is 4.21. The molecular formula is C17H28IN3O. The van der Waals surface area contributed by atoms with Crippen LogP contribution >= 0.6 is 24.0 Å². The Balaban J connectivity index is 0.00000242. The van der Waals surface area contributed by atoms with E-state index >= 15 is 0 Å². The molecule has 22 heavy (non-hydrogen) atoms. The second kappa shape index (κ2) is 9.35. The Kier molecular flexibility index (Phi) is 8.17. The Morgan fingerprint density at radius 2 is 2.00 bits per heavy atom. The Morgan fingerprint density at radius 1 is 1.27 bits per heavy atom. The van der Waals surface area contributed by atoms with Crippen molar-refractivity contribution in [2.75, 3.05) is 33.9 Å². The van der Waals surface area contributed by atoms with Crippen LogP contribution < -0.4 is 10.6 Å². The number of benzene rings is 1. The van der Waals surface area contributed by atoms with Gasteiger partial charge in [-0.05, 0) is 37.3 Å². The van der Waals surface area contributed by atoms with Crippen molar-refractivity contribution < 1.29 is 4.74 Å². The summed E-state index contributed by atoms with van der Waals surface area (Å²) in [5, 5.41) is 6.80. The van der Waals surface area contributed by atoms with Crippen molar-refractivity contribution >= 4 is 29.9 Å². The van der Waals surface area contributed by atoms with Gasteiger partial charge in [-0.3, -0.25) is 4.99 Å². The topological polar surface area (TPSA) is 45.7 Å². The van der Waals surface area contributed by atoms with Crippen LogP contribution in [0, 0.1) is 6.92 Å². The highest BCUT2D eigenvalue weighted by Gasteiger charge is 2.44. The fraction of sp³-hybridized carbons (Fsp3) is 0.588. The number of rotatable bonds is 7. The van der Waals surface area contributed by atoms with Crippen LogP contribution in [0.2, 0.25) is 0 Å². The molecular weight excluding hydrogens is 389 g/mol. The number of halogens is 1. The number of hydrogen-bond donors (Lipinski definition) is 2. The molecule has 0 spiro atoms. The van der Waals surface area contributed by atoms with E-state index in [1.807, 2.05) is 7.05 Å². The third kappa shape index (κ3) is 5.12. The van der Waals surface area contributed by atoms with Gasteiger partial charge in [-0.2, -0.15) is 0 Å². The summed E-state index contributed by atoms with van der Waals surface area (Å²) in [5.74, 6) is 0.881. The van der Waals surface area contributed by atoms with Crippen molar-refractivity contribution in [3.63, 3.8) is 0 Å². The quantitative estimate of drug-likeness (QED) is 0.311. The average Bonchev–Trinajstić information content (AvgIpc) is 3.28. The molecule has 1 aromatic rings. The summed E-state index contributed by atoms with van der Waals surface area (Å²) >= 11 is 0. The van der Waals surface area contributed by atoms with Gasteiger partial charge in [0.15, 0.2) is 5.96 Å². The van der Waals surface area contributed by atoms with E-state index in [1.54, 1.807) is 7.11 Å². The smallest absolute Gasteiger partial charge is 0.191 e. The van der Waals surface area contributed by atoms with E-state index in [4.69, 9.17) is 4.74 Å². The molecule has 0 radical (unpaired) electrons. The average molecular weight is 417 g/mol. The maximum absolute atomic E-state index is 5.05. The van der Waals surface area contributed by atoms with Crippen LogP contribution in [0.5, 0.6) is 0 Å². The van der Waals surface area contributed by atoms with E-state index in [0.717, 1.165) is 32.1 Å². The van der Waals surface area contributed by atoms with Crippen molar-refractivity contribution in [2.45, 2.75) is 31.6 Å². The highest BCUT2D eigenvalue weighted by molar-refractivity contribution is 14.0. The molecule has 1 saturated carbocycles. The first-order valence-corrected chi connectivity index (χ1v) is 7.71. The Bertz CT molecular complexity index is 487. The van der Waals surface area contributed by atoms with Crippen LogP contribution in [0.25, 0.3) is 0 Å². The van der Waals surface area contributed by atoms with Crippen LogP contribution in [0.4, 0.5) is 0 Å². The second-order valence-corrected chi connectivity index (χ2v) is 5.79. The molecule has 1 fully saturated rings. The molecule has 0 aliphatic heterocycles. The number of nitrogens with zero attached hydrogens (tertiary/aromatic N) is 1. The fourth-order valence-electron chi connectivity index (χ4n) is 2.76. The Morgan fingerprint density at radius 3 is 2.59 bits per heavy atom. The lowest BCUT2D eigenvalue weighted by Crippen LogP contribution is -2.41. The normalized spacial score (nSPS) is 15.9. The number of hydrogen-bond acceptors (Lipinski definition) is 2. The van der Waals surface area contributed by atoms with E-state index in [9.17, 15) is 0 Å². The molecule has 0 atom stereocenters. The zero-order valence-corrected chi connectivity index (χ0v) is 16.1. The van der Waals surface area contributed by atoms with E-state index in [1.165, 1.54) is 24.0 Å². The van der Waals surface area contributed by atoms with Crippen molar-refractivity contribution in [1.29, 1.82) is 0 Å². The maximum atomic E-state index is 5.05. The minimum absolute atomic E-state index is 0. The molecule has 124 valence electrons. The molecule has 2 N–H and O–H groups in total. The van der Waals surface area contributed by atoms with Crippen LogP contribution in [-0.4, -0.2) is 39.8 Å². The van der Waals surface area contributed by atoms with Gasteiger partial charge in [-0.1, -0.05) is 24.3 Å². The molecule has 4 nitrogen and oxygen atoms in total. The predicted octanol–water partition coefficient (Wildman–Crippen LogP) is 2.85. The number of aliphatic imine (C=N–C) groups is 1. The van der Waals surface area contributed by atoms with Crippen molar-refractivity contribution in [2.24, 2.45) is 4.99 Å². The highest BCUT2D eigenvalue weighted by Crippen LogP contribution is 2.48. The molecule has 5 heteroatoms. The number of methoxy groups -OCH3 is 1. The van der Waals surface area contributed by atoms with Crippen LogP contribution in [0.1, 0.15) is 30.4 Å². The van der Waals surface area contributed by atoms with Crippen molar-refractivity contribution in [3.8, 4) is 0 Å². The molecule has 1 aliphatic rings. The van der Waals surface area contributed by atoms with Gasteiger partial charge >= 0.3 is 0 Å². The van der Waals surface area contributed by atoms with Gasteiger partial charge in [0.2, 0.25) is 0 Å². The molecule has 1 aliphatic carbocycles. The van der Waals surface area contributed by atoms with Crippen LogP contribution in [0.3, 0.4) is 0 Å². The molecule has 0 unspecified atom stereocenters. The van der Waals surface area contributed by atoms with E-state index < -0.39 is 0 Å². The lowest BCUT2D eigenvalue weighted by Gasteiger charge is -2.20. The van der Waals surface area contributed by atoms with Crippen LogP contribution in [-0.2, 0) is 10.2 Å². The minimum atomic E-state index is 0. The standard InChI is InChI=1S/C17H27N3O.HI/c1-14-7-4-5-8-15(14)17(9-10-17)13-20-16(18-2)19-11-6-12-21-3;/h4-5,7-8H,6,9-13H2,1-3H3,(H2,18,19,20);1H. The van der Waals surface area contributed by atoms with E-state index in [-0.39, 0.29) is 24.0 Å². The molecule has 0 aromatic heterocycles. The summed E-state index contributed by atoms with van der Waals surface area (Å²) < 4.78 is 5.05. The molecule has 0 amide bonds. The lowest BCUT2D eigenvalue weighted by molar-refractivity contribution is 0.195. The van der Waals surface area contributed by atoms with Gasteiger partial charge in [-0.15, -0.1) is 24.0 Å². The fourth-order valence-corrected chi connectivity index (χ4v) is 2.76. The zero-order valence-electron chi connectivity index (χ0n) is 13.8. The molecule has 0 bridgehead atoms. The summed E-state index contributed by atoms with van der Waals surface area (Å²) in [7, 11) is 3.55. The SMILES string of the molecule is CN=C(NCCCOC)NCC1(c2ccccc2C)CC1.I. The Labute approximate surface area is 151 Å². The molecule has 0 saturated heterocycles. The maximum Gasteiger partial charge on any atom is 0.191 e. The van der Waals surface area contributed by atoms with E-state index in [2.05, 4.69) is 46.8 Å². The summed E-state index contributed by atoms with van der Waals surface area (Å²) in [6.07, 6.45) is 3.50. The number of aryl methyl sites for hydroxylation is 1. The summed E-state index contributed by atoms with van der Waals surface area (Å²) in [6, 6.07) is 8.71. The van der Waals surface area contributed by atoms with Gasteiger partial charge in [0.25, 0.3) is 0 Å². The van der Waals surface area contributed by atoms with Gasteiger partial charge in [0.1, 0.15) is 0 Å². The van der Waals surface area contributed by atoms with Gasteiger partial charge in [-0.25, -0.2) is 0 Å². The lowest BCUT2D eigenvalue weighted by atomic mass is 9.92. The summed E-state index contributed by atoms with van der Waals surface area (Å²) in [6.45, 7) is 4.80. The van der Waals surface area contributed by atoms with Gasteiger partial charge < -0.3 is 15.4 Å². The Hall–Kier alpha value is -0.820. The van der Waals surface area contributed by atoms with Gasteiger partial charge in [0.05, 0.1) is 0 Å².